The number of amides is 1. The van der Waals surface area contributed by atoms with Crippen LogP contribution >= 0.6 is 11.3 Å². The highest BCUT2D eigenvalue weighted by Crippen LogP contribution is 2.32. The second-order valence-corrected chi connectivity index (χ2v) is 11.0. The first kappa shape index (κ1) is 28.6. The number of thiazole rings is 1. The first-order valence-electron chi connectivity index (χ1n) is 13.6. The Hall–Kier alpha value is -3.95. The van der Waals surface area contributed by atoms with Crippen LogP contribution in [0.5, 0.6) is 0 Å². The van der Waals surface area contributed by atoms with Gasteiger partial charge in [0, 0.05) is 49.4 Å². The quantitative estimate of drug-likeness (QED) is 0.271. The molecule has 11 heteroatoms. The number of ether oxygens (including phenoxy) is 2. The van der Waals surface area contributed by atoms with Crippen molar-refractivity contribution in [1.82, 2.24) is 24.9 Å². The van der Waals surface area contributed by atoms with Crippen LogP contribution < -0.4 is 5.32 Å². The number of aryl methyl sites for hydroxylation is 1. The molecule has 1 amide bonds. The molecule has 0 radical (unpaired) electrons. The zero-order chi connectivity index (χ0) is 28.6. The smallest absolute Gasteiger partial charge is 0.257 e. The maximum atomic E-state index is 13.1. The molecule has 0 aliphatic heterocycles. The lowest BCUT2D eigenvalue weighted by molar-refractivity contribution is 0.0825. The zero-order valence-electron chi connectivity index (χ0n) is 23.2. The van der Waals surface area contributed by atoms with Crippen LogP contribution in [-0.4, -0.2) is 77.3 Å². The molecule has 1 aliphatic rings. The van der Waals surface area contributed by atoms with Crippen molar-refractivity contribution in [1.29, 1.82) is 5.26 Å². The van der Waals surface area contributed by atoms with Crippen molar-refractivity contribution in [2.24, 2.45) is 0 Å². The number of anilines is 1. The zero-order valence-corrected chi connectivity index (χ0v) is 24.1. The highest BCUT2D eigenvalue weighted by Gasteiger charge is 2.27. The van der Waals surface area contributed by atoms with E-state index in [1.807, 2.05) is 36.5 Å². The van der Waals surface area contributed by atoms with Crippen LogP contribution in [0.25, 0.3) is 11.3 Å². The van der Waals surface area contributed by atoms with Crippen molar-refractivity contribution in [3.05, 3.63) is 82.0 Å². The van der Waals surface area contributed by atoms with E-state index in [0.29, 0.717) is 42.1 Å². The minimum atomic E-state index is -0.187. The summed E-state index contributed by atoms with van der Waals surface area (Å²) in [7, 11) is 3.45. The molecule has 0 spiro atoms. The summed E-state index contributed by atoms with van der Waals surface area (Å²) in [6, 6.07) is 17.2. The van der Waals surface area contributed by atoms with Gasteiger partial charge in [0.25, 0.3) is 5.91 Å². The fourth-order valence-corrected chi connectivity index (χ4v) is 6.08. The molecule has 0 saturated heterocycles. The number of aromatic nitrogens is 4. The minimum absolute atomic E-state index is 0.187. The van der Waals surface area contributed by atoms with Crippen molar-refractivity contribution in [2.45, 2.75) is 31.8 Å². The van der Waals surface area contributed by atoms with Gasteiger partial charge in [0.05, 0.1) is 43.3 Å². The van der Waals surface area contributed by atoms with Crippen molar-refractivity contribution < 1.29 is 14.3 Å². The number of nitrogens with zero attached hydrogens (tertiary/aromatic N) is 6. The molecule has 0 unspecified atom stereocenters. The number of hydrogen-bond donors (Lipinski definition) is 1. The molecule has 0 bridgehead atoms. The molecule has 5 rings (SSSR count). The van der Waals surface area contributed by atoms with Gasteiger partial charge in [0.15, 0.2) is 5.13 Å². The average Bonchev–Trinajstić information content (AvgIpc) is 3.63. The van der Waals surface area contributed by atoms with Gasteiger partial charge >= 0.3 is 0 Å². The van der Waals surface area contributed by atoms with Crippen LogP contribution in [0.1, 0.15) is 38.5 Å². The van der Waals surface area contributed by atoms with Gasteiger partial charge in [0.2, 0.25) is 0 Å². The molecular formula is C30H33N7O3S. The highest BCUT2D eigenvalue weighted by molar-refractivity contribution is 7.15. The Morgan fingerprint density at radius 1 is 1.17 bits per heavy atom. The Kier molecular flexibility index (Phi) is 9.48. The van der Waals surface area contributed by atoms with Gasteiger partial charge in [-0.15, -0.1) is 16.4 Å². The Morgan fingerprint density at radius 3 is 2.68 bits per heavy atom. The van der Waals surface area contributed by atoms with E-state index in [1.165, 1.54) is 4.88 Å². The fraction of sp³-hybridized carbons (Fsp3) is 0.367. The van der Waals surface area contributed by atoms with Gasteiger partial charge in [0.1, 0.15) is 5.69 Å². The largest absolute Gasteiger partial charge is 0.383 e. The van der Waals surface area contributed by atoms with E-state index >= 15 is 0 Å². The third kappa shape index (κ3) is 7.23. The lowest BCUT2D eigenvalue weighted by Gasteiger charge is -2.33. The normalized spacial score (nSPS) is 14.5. The van der Waals surface area contributed by atoms with E-state index in [-0.39, 0.29) is 5.91 Å². The first-order chi connectivity index (χ1) is 20.1. The van der Waals surface area contributed by atoms with Gasteiger partial charge in [-0.05, 0) is 49.1 Å². The molecule has 1 N–H and O–H groups in total. The van der Waals surface area contributed by atoms with E-state index < -0.39 is 0 Å². The minimum Gasteiger partial charge on any atom is -0.383 e. The third-order valence-corrected chi connectivity index (χ3v) is 8.23. The van der Waals surface area contributed by atoms with Crippen LogP contribution in [0.15, 0.2) is 54.7 Å². The van der Waals surface area contributed by atoms with E-state index in [4.69, 9.17) is 19.7 Å². The Labute approximate surface area is 243 Å². The van der Waals surface area contributed by atoms with Crippen LogP contribution in [-0.2, 0) is 28.9 Å². The second-order valence-electron chi connectivity index (χ2n) is 9.95. The molecule has 1 aliphatic carbocycles. The molecular weight excluding hydrogens is 538 g/mol. The summed E-state index contributed by atoms with van der Waals surface area (Å²) < 4.78 is 12.4. The molecule has 2 heterocycles. The predicted octanol–water partition coefficient (Wildman–Crippen LogP) is 4.03. The van der Waals surface area contributed by atoms with Crippen LogP contribution in [0.4, 0.5) is 5.13 Å². The van der Waals surface area contributed by atoms with E-state index in [0.717, 1.165) is 54.9 Å². The molecule has 212 valence electrons. The van der Waals surface area contributed by atoms with Gasteiger partial charge < -0.3 is 9.47 Å². The highest BCUT2D eigenvalue weighted by atomic mass is 32.1. The summed E-state index contributed by atoms with van der Waals surface area (Å²) in [6.45, 7) is 3.57. The number of hydrogen-bond acceptors (Lipinski definition) is 9. The molecule has 2 aromatic carbocycles. The summed E-state index contributed by atoms with van der Waals surface area (Å²) in [6.07, 6.45) is 4.68. The topological polar surface area (TPSA) is 118 Å². The lowest BCUT2D eigenvalue weighted by Crippen LogP contribution is -2.42. The molecule has 0 saturated carbocycles. The maximum absolute atomic E-state index is 13.1. The SMILES string of the molecule is COCCN(CCOC)[C@H]1CCc2nc(NC(=O)c3cccc(Cn4cc(-c5ccc(C#N)cc5)nn4)c3)sc2C1. The Bertz CT molecular complexity index is 1500. The van der Waals surface area contributed by atoms with E-state index in [1.54, 1.807) is 48.4 Å². The van der Waals surface area contributed by atoms with Gasteiger partial charge in [-0.2, -0.15) is 5.26 Å². The van der Waals surface area contributed by atoms with Gasteiger partial charge in [-0.3, -0.25) is 15.0 Å². The van der Waals surface area contributed by atoms with Gasteiger partial charge in [-0.1, -0.05) is 29.5 Å². The summed E-state index contributed by atoms with van der Waals surface area (Å²) in [5.74, 6) is -0.187. The number of benzene rings is 2. The van der Waals surface area contributed by atoms with Gasteiger partial charge in [-0.25, -0.2) is 9.67 Å². The van der Waals surface area contributed by atoms with Crippen LogP contribution in [0.3, 0.4) is 0 Å². The number of nitriles is 1. The standard InChI is InChI=1S/C30H33N7O3S/c1-39-14-12-36(13-15-40-2)25-10-11-26-28(17-25)41-30(32-26)33-29(38)24-5-3-4-22(16-24)19-37-20-27(34-35-37)23-8-6-21(18-31)7-9-23/h3-9,16,20,25H,10-15,17,19H2,1-2H3,(H,32,33,38)/t25-/m0/s1. The number of nitrogens with one attached hydrogen (secondary N) is 1. The van der Waals surface area contributed by atoms with Crippen molar-refractivity contribution in [2.75, 3.05) is 45.8 Å². The van der Waals surface area contributed by atoms with Crippen LogP contribution in [0.2, 0.25) is 0 Å². The van der Waals surface area contributed by atoms with E-state index in [2.05, 4.69) is 26.6 Å². The van der Waals surface area contributed by atoms with Crippen molar-refractivity contribution in [3.8, 4) is 17.3 Å². The molecule has 4 aromatic rings. The lowest BCUT2D eigenvalue weighted by atomic mass is 9.96. The van der Waals surface area contributed by atoms with Crippen LogP contribution in [0, 0.1) is 11.3 Å². The first-order valence-corrected chi connectivity index (χ1v) is 14.4. The molecule has 10 nitrogen and oxygen atoms in total. The Balaban J connectivity index is 1.21. The fourth-order valence-electron chi connectivity index (χ4n) is 5.01. The summed E-state index contributed by atoms with van der Waals surface area (Å²) in [4.78, 5) is 21.6. The van der Waals surface area contributed by atoms with Crippen molar-refractivity contribution >= 4 is 22.4 Å². The monoisotopic (exact) mass is 571 g/mol. The average molecular weight is 572 g/mol. The molecule has 0 fully saturated rings. The number of methoxy groups -OCH3 is 2. The molecule has 1 atom stereocenters. The van der Waals surface area contributed by atoms with Crippen molar-refractivity contribution in [3.63, 3.8) is 0 Å². The number of rotatable bonds is 12. The molecule has 2 aromatic heterocycles. The number of carbonyl (C=O) groups excluding carboxylic acids is 1. The third-order valence-electron chi connectivity index (χ3n) is 7.20. The molecule has 41 heavy (non-hydrogen) atoms. The second kappa shape index (κ2) is 13.6. The summed E-state index contributed by atoms with van der Waals surface area (Å²) >= 11 is 1.56. The number of carbonyl (C=O) groups is 1. The maximum Gasteiger partial charge on any atom is 0.257 e. The predicted molar refractivity (Wildman–Crippen MR) is 157 cm³/mol. The Morgan fingerprint density at radius 2 is 1.95 bits per heavy atom. The van der Waals surface area contributed by atoms with E-state index in [9.17, 15) is 4.79 Å². The summed E-state index contributed by atoms with van der Waals surface area (Å²) in [5.41, 5.74) is 4.78. The summed E-state index contributed by atoms with van der Waals surface area (Å²) in [5, 5.41) is 21.1. The number of fused-ring (bicyclic) bond motifs is 1.